The third-order valence-electron chi connectivity index (χ3n) is 1.35. The summed E-state index contributed by atoms with van der Waals surface area (Å²) in [5.74, 6) is 1.85. The Morgan fingerprint density at radius 2 is 2.42 bits per heavy atom. The van der Waals surface area contributed by atoms with E-state index < -0.39 is 0 Å². The number of nitrogens with one attached hydrogen (secondary N) is 1. The zero-order valence-corrected chi connectivity index (χ0v) is 8.02. The average molecular weight is 186 g/mol. The van der Waals surface area contributed by atoms with Crippen LogP contribution in [0.4, 0.5) is 0 Å². The van der Waals surface area contributed by atoms with Crippen molar-refractivity contribution in [3.05, 3.63) is 5.82 Å². The molecule has 0 aliphatic heterocycles. The largest absolute Gasteiger partial charge is 0.330 e. The summed E-state index contributed by atoms with van der Waals surface area (Å²) in [7, 11) is 0. The van der Waals surface area contributed by atoms with Gasteiger partial charge in [-0.2, -0.15) is 0 Å². The van der Waals surface area contributed by atoms with E-state index in [0.717, 1.165) is 29.6 Å². The maximum Gasteiger partial charge on any atom is 0.208 e. The highest BCUT2D eigenvalue weighted by atomic mass is 32.2. The molecule has 0 aliphatic carbocycles. The molecule has 0 saturated heterocycles. The lowest BCUT2D eigenvalue weighted by Gasteiger charge is -1.89. The van der Waals surface area contributed by atoms with E-state index in [1.165, 1.54) is 0 Å². The minimum absolute atomic E-state index is 0.669. The van der Waals surface area contributed by atoms with Gasteiger partial charge in [-0.1, -0.05) is 18.7 Å². The lowest BCUT2D eigenvalue weighted by Crippen LogP contribution is -2.01. The second-order valence-corrected chi connectivity index (χ2v) is 3.51. The van der Waals surface area contributed by atoms with Crippen LogP contribution in [0.15, 0.2) is 5.16 Å². The third-order valence-corrected chi connectivity index (χ3v) is 2.23. The Labute approximate surface area is 76.3 Å². The van der Waals surface area contributed by atoms with Crippen molar-refractivity contribution >= 4 is 11.8 Å². The summed E-state index contributed by atoms with van der Waals surface area (Å²) in [5.41, 5.74) is 5.36. The zero-order valence-electron chi connectivity index (χ0n) is 7.21. The molecule has 68 valence electrons. The Balaban J connectivity index is 2.41. The van der Waals surface area contributed by atoms with E-state index in [2.05, 4.69) is 22.1 Å². The molecular weight excluding hydrogens is 172 g/mol. The molecule has 1 rings (SSSR count). The highest BCUT2D eigenvalue weighted by molar-refractivity contribution is 7.99. The van der Waals surface area contributed by atoms with Gasteiger partial charge in [-0.25, -0.2) is 4.98 Å². The first-order valence-electron chi connectivity index (χ1n) is 4.11. The molecule has 0 bridgehead atoms. The summed E-state index contributed by atoms with van der Waals surface area (Å²) in [6, 6.07) is 0. The molecule has 4 nitrogen and oxygen atoms in total. The molecule has 5 heteroatoms. The van der Waals surface area contributed by atoms with Crippen molar-refractivity contribution in [1.29, 1.82) is 0 Å². The maximum atomic E-state index is 5.36. The van der Waals surface area contributed by atoms with Crippen molar-refractivity contribution in [2.75, 3.05) is 12.3 Å². The Bertz CT molecular complexity index is 223. The fourth-order valence-electron chi connectivity index (χ4n) is 0.841. The van der Waals surface area contributed by atoms with Gasteiger partial charge in [0.25, 0.3) is 0 Å². The monoisotopic (exact) mass is 186 g/mol. The minimum atomic E-state index is 0.669. The van der Waals surface area contributed by atoms with Crippen LogP contribution in [0.5, 0.6) is 0 Å². The molecule has 3 N–H and O–H groups in total. The van der Waals surface area contributed by atoms with Crippen molar-refractivity contribution in [2.24, 2.45) is 5.73 Å². The minimum Gasteiger partial charge on any atom is -0.330 e. The molecule has 0 amide bonds. The predicted molar refractivity (Wildman–Crippen MR) is 50.2 cm³/mol. The van der Waals surface area contributed by atoms with Gasteiger partial charge in [0, 0.05) is 18.7 Å². The van der Waals surface area contributed by atoms with Crippen molar-refractivity contribution in [3.63, 3.8) is 0 Å². The Hall–Kier alpha value is -0.550. The van der Waals surface area contributed by atoms with Gasteiger partial charge in [-0.15, -0.1) is 5.10 Å². The van der Waals surface area contributed by atoms with Gasteiger partial charge in [0.2, 0.25) is 5.16 Å². The number of hydrogen-bond donors (Lipinski definition) is 2. The Kier molecular flexibility index (Phi) is 4.10. The lowest BCUT2D eigenvalue weighted by molar-refractivity contribution is 0.840. The number of H-pyrrole nitrogens is 1. The van der Waals surface area contributed by atoms with E-state index in [1.807, 2.05) is 0 Å². The smallest absolute Gasteiger partial charge is 0.208 e. The van der Waals surface area contributed by atoms with Gasteiger partial charge in [0.1, 0.15) is 5.82 Å². The summed E-state index contributed by atoms with van der Waals surface area (Å²) in [6.45, 7) is 2.79. The summed E-state index contributed by atoms with van der Waals surface area (Å²) >= 11 is 1.59. The van der Waals surface area contributed by atoms with Crippen molar-refractivity contribution in [1.82, 2.24) is 15.2 Å². The normalized spacial score (nSPS) is 10.5. The number of aromatic amines is 1. The van der Waals surface area contributed by atoms with Crippen molar-refractivity contribution in [3.8, 4) is 0 Å². The molecule has 12 heavy (non-hydrogen) atoms. The second kappa shape index (κ2) is 5.16. The van der Waals surface area contributed by atoms with Crippen LogP contribution < -0.4 is 5.73 Å². The summed E-state index contributed by atoms with van der Waals surface area (Å²) < 4.78 is 0. The van der Waals surface area contributed by atoms with E-state index in [4.69, 9.17) is 5.73 Å². The molecule has 1 heterocycles. The zero-order chi connectivity index (χ0) is 8.81. The molecule has 0 radical (unpaired) electrons. The lowest BCUT2D eigenvalue weighted by atomic mass is 10.3. The molecule has 0 saturated carbocycles. The quantitative estimate of drug-likeness (QED) is 0.668. The van der Waals surface area contributed by atoms with Crippen LogP contribution in [0.2, 0.25) is 0 Å². The molecule has 0 unspecified atom stereocenters. The van der Waals surface area contributed by atoms with E-state index in [0.29, 0.717) is 6.54 Å². The number of nitrogens with zero attached hydrogens (tertiary/aromatic N) is 2. The first-order valence-corrected chi connectivity index (χ1v) is 5.09. The molecule has 0 spiro atoms. The SMILES string of the molecule is CCCc1nc(SCCN)n[nH]1. The average Bonchev–Trinajstić information content (AvgIpc) is 2.50. The summed E-state index contributed by atoms with van der Waals surface area (Å²) in [5, 5.41) is 7.75. The van der Waals surface area contributed by atoms with Crippen LogP contribution in [0, 0.1) is 0 Å². The molecule has 0 aromatic carbocycles. The van der Waals surface area contributed by atoms with Crippen LogP contribution >= 0.6 is 11.8 Å². The van der Waals surface area contributed by atoms with Crippen molar-refractivity contribution in [2.45, 2.75) is 24.9 Å². The van der Waals surface area contributed by atoms with E-state index >= 15 is 0 Å². The Morgan fingerprint density at radius 1 is 1.58 bits per heavy atom. The second-order valence-electron chi connectivity index (χ2n) is 2.45. The van der Waals surface area contributed by atoms with Gasteiger partial charge >= 0.3 is 0 Å². The van der Waals surface area contributed by atoms with Gasteiger partial charge in [0.05, 0.1) is 0 Å². The molecule has 1 aromatic heterocycles. The van der Waals surface area contributed by atoms with Gasteiger partial charge < -0.3 is 5.73 Å². The van der Waals surface area contributed by atoms with E-state index in [-0.39, 0.29) is 0 Å². The van der Waals surface area contributed by atoms with Crippen LogP contribution in [-0.4, -0.2) is 27.5 Å². The highest BCUT2D eigenvalue weighted by Crippen LogP contribution is 2.11. The van der Waals surface area contributed by atoms with Gasteiger partial charge in [-0.3, -0.25) is 5.10 Å². The number of thioether (sulfide) groups is 1. The van der Waals surface area contributed by atoms with E-state index in [1.54, 1.807) is 11.8 Å². The molecular formula is C7H14N4S. The fourth-order valence-corrected chi connectivity index (χ4v) is 1.43. The molecule has 0 atom stereocenters. The number of aromatic nitrogens is 3. The molecule has 0 fully saturated rings. The predicted octanol–water partition coefficient (Wildman–Crippen LogP) is 0.808. The Morgan fingerprint density at radius 3 is 3.08 bits per heavy atom. The van der Waals surface area contributed by atoms with Crippen LogP contribution in [0.3, 0.4) is 0 Å². The number of hydrogen-bond acceptors (Lipinski definition) is 4. The first kappa shape index (κ1) is 9.54. The third kappa shape index (κ3) is 2.83. The highest BCUT2D eigenvalue weighted by Gasteiger charge is 2.01. The number of rotatable bonds is 5. The van der Waals surface area contributed by atoms with Gasteiger partial charge in [-0.05, 0) is 6.42 Å². The molecule has 1 aromatic rings. The van der Waals surface area contributed by atoms with Crippen molar-refractivity contribution < 1.29 is 0 Å². The van der Waals surface area contributed by atoms with Gasteiger partial charge in [0.15, 0.2) is 0 Å². The topological polar surface area (TPSA) is 67.6 Å². The number of aryl methyl sites for hydroxylation is 1. The first-order chi connectivity index (χ1) is 5.86. The van der Waals surface area contributed by atoms with Crippen LogP contribution in [0.1, 0.15) is 19.2 Å². The van der Waals surface area contributed by atoms with E-state index in [9.17, 15) is 0 Å². The summed E-state index contributed by atoms with van der Waals surface area (Å²) in [6.07, 6.45) is 2.06. The van der Waals surface area contributed by atoms with Crippen LogP contribution in [-0.2, 0) is 6.42 Å². The molecule has 0 aliphatic rings. The number of nitrogens with two attached hydrogens (primary N) is 1. The fraction of sp³-hybridized carbons (Fsp3) is 0.714. The standard InChI is InChI=1S/C7H14N4S/c1-2-3-6-9-7(11-10-6)12-5-4-8/h2-5,8H2,1H3,(H,9,10,11). The maximum absolute atomic E-state index is 5.36. The summed E-state index contributed by atoms with van der Waals surface area (Å²) in [4.78, 5) is 4.28. The van der Waals surface area contributed by atoms with Crippen LogP contribution in [0.25, 0.3) is 0 Å².